The van der Waals surface area contributed by atoms with Crippen LogP contribution in [0.4, 0.5) is 5.82 Å². The molecular weight excluding hydrogens is 252 g/mol. The van der Waals surface area contributed by atoms with Crippen molar-refractivity contribution in [3.63, 3.8) is 0 Å². The van der Waals surface area contributed by atoms with Crippen LogP contribution >= 0.6 is 0 Å². The van der Waals surface area contributed by atoms with Gasteiger partial charge in [0.15, 0.2) is 0 Å². The van der Waals surface area contributed by atoms with Gasteiger partial charge in [0.1, 0.15) is 5.82 Å². The molecule has 1 amide bonds. The summed E-state index contributed by atoms with van der Waals surface area (Å²) in [4.78, 5) is 16.2. The molecule has 1 heterocycles. The second-order valence-corrected chi connectivity index (χ2v) is 5.91. The number of primary amides is 1. The molecule has 20 heavy (non-hydrogen) atoms. The molecule has 5 N–H and O–H groups in total. The number of aromatic nitrogens is 1. The first-order valence-electron chi connectivity index (χ1n) is 7.30. The summed E-state index contributed by atoms with van der Waals surface area (Å²) in [6, 6.07) is 2.00. The van der Waals surface area contributed by atoms with Crippen LogP contribution in [0.25, 0.3) is 0 Å². The predicted octanol–water partition coefficient (Wildman–Crippen LogP) is 1.45. The Labute approximate surface area is 120 Å². The number of carbonyl (C=O) groups is 1. The van der Waals surface area contributed by atoms with Crippen LogP contribution in [0.15, 0.2) is 6.07 Å². The fourth-order valence-corrected chi connectivity index (χ4v) is 2.75. The van der Waals surface area contributed by atoms with E-state index < -0.39 is 5.91 Å². The van der Waals surface area contributed by atoms with Crippen LogP contribution in [0.5, 0.6) is 0 Å². The molecule has 0 aliphatic heterocycles. The van der Waals surface area contributed by atoms with Crippen molar-refractivity contribution >= 4 is 11.7 Å². The summed E-state index contributed by atoms with van der Waals surface area (Å²) in [5, 5.41) is 3.30. The Morgan fingerprint density at radius 1 is 1.45 bits per heavy atom. The van der Waals surface area contributed by atoms with Crippen molar-refractivity contribution < 1.29 is 4.79 Å². The maximum Gasteiger partial charge on any atom is 0.252 e. The normalized spacial score (nSPS) is 15.2. The van der Waals surface area contributed by atoms with Gasteiger partial charge in [0, 0.05) is 18.3 Å². The van der Waals surface area contributed by atoms with Crippen molar-refractivity contribution in [3.05, 3.63) is 22.9 Å². The first-order valence-corrected chi connectivity index (χ1v) is 7.30. The van der Waals surface area contributed by atoms with E-state index in [1.807, 2.05) is 6.07 Å². The van der Waals surface area contributed by atoms with E-state index in [1.54, 1.807) is 0 Å². The summed E-state index contributed by atoms with van der Waals surface area (Å²) in [5.74, 6) is 0.687. The number of nitrogens with zero attached hydrogens (tertiary/aromatic N) is 1. The molecule has 110 valence electrons. The second-order valence-electron chi connectivity index (χ2n) is 5.91. The molecule has 0 fully saturated rings. The van der Waals surface area contributed by atoms with Crippen LogP contribution < -0.4 is 16.8 Å². The van der Waals surface area contributed by atoms with Gasteiger partial charge in [0.05, 0.1) is 5.56 Å². The molecule has 1 unspecified atom stereocenters. The number of pyridine rings is 1. The summed E-state index contributed by atoms with van der Waals surface area (Å²) in [5.41, 5.74) is 14.0. The van der Waals surface area contributed by atoms with Gasteiger partial charge in [0.25, 0.3) is 5.91 Å². The highest BCUT2D eigenvalue weighted by molar-refractivity contribution is 5.97. The lowest BCUT2D eigenvalue weighted by Crippen LogP contribution is -2.32. The van der Waals surface area contributed by atoms with Crippen molar-refractivity contribution in [1.82, 2.24) is 4.98 Å². The van der Waals surface area contributed by atoms with Gasteiger partial charge < -0.3 is 16.8 Å². The van der Waals surface area contributed by atoms with Crippen LogP contribution in [0, 0.1) is 5.92 Å². The van der Waals surface area contributed by atoms with E-state index >= 15 is 0 Å². The molecule has 1 aromatic heterocycles. The number of amides is 1. The molecule has 1 atom stereocenters. The summed E-state index contributed by atoms with van der Waals surface area (Å²) in [7, 11) is 0. The van der Waals surface area contributed by atoms with Gasteiger partial charge >= 0.3 is 0 Å². The van der Waals surface area contributed by atoms with Gasteiger partial charge in [0.2, 0.25) is 0 Å². The minimum absolute atomic E-state index is 0.111. The van der Waals surface area contributed by atoms with Crippen LogP contribution in [-0.4, -0.2) is 23.5 Å². The molecule has 5 nitrogen and oxygen atoms in total. The van der Waals surface area contributed by atoms with Gasteiger partial charge in [-0.05, 0) is 43.2 Å². The standard InChI is InChI=1S/C15H24N4O/c1-9(2)6-11(8-16)18-15-12(14(17)20)7-10-4-3-5-13(10)19-15/h7,9,11H,3-6,8,16H2,1-2H3,(H2,17,20)(H,18,19). The topological polar surface area (TPSA) is 94.0 Å². The van der Waals surface area contributed by atoms with Crippen molar-refractivity contribution in [3.8, 4) is 0 Å². The Morgan fingerprint density at radius 2 is 2.20 bits per heavy atom. The minimum Gasteiger partial charge on any atom is -0.365 e. The van der Waals surface area contributed by atoms with Crippen LogP contribution in [-0.2, 0) is 12.8 Å². The van der Waals surface area contributed by atoms with E-state index in [-0.39, 0.29) is 6.04 Å². The minimum atomic E-state index is -0.435. The third-order valence-corrected chi connectivity index (χ3v) is 3.70. The Kier molecular flexibility index (Phi) is 4.60. The lowest BCUT2D eigenvalue weighted by atomic mass is 10.0. The molecule has 0 bridgehead atoms. The zero-order chi connectivity index (χ0) is 14.7. The number of rotatable bonds is 6. The quantitative estimate of drug-likeness (QED) is 0.733. The average molecular weight is 276 g/mol. The SMILES string of the molecule is CC(C)CC(CN)Nc1nc2c(cc1C(N)=O)CCC2. The lowest BCUT2D eigenvalue weighted by Gasteiger charge is -2.21. The molecule has 0 saturated carbocycles. The van der Waals surface area contributed by atoms with Gasteiger partial charge in [-0.15, -0.1) is 0 Å². The monoisotopic (exact) mass is 276 g/mol. The van der Waals surface area contributed by atoms with E-state index in [0.29, 0.717) is 23.8 Å². The Bertz CT molecular complexity index is 499. The number of hydrogen-bond acceptors (Lipinski definition) is 4. The molecule has 0 spiro atoms. The van der Waals surface area contributed by atoms with Crippen molar-refractivity contribution in [2.75, 3.05) is 11.9 Å². The number of aryl methyl sites for hydroxylation is 2. The fraction of sp³-hybridized carbons (Fsp3) is 0.600. The number of nitrogens with two attached hydrogens (primary N) is 2. The van der Waals surface area contributed by atoms with Gasteiger partial charge in [-0.3, -0.25) is 4.79 Å². The van der Waals surface area contributed by atoms with E-state index in [2.05, 4.69) is 24.1 Å². The summed E-state index contributed by atoms with van der Waals surface area (Å²) >= 11 is 0. The molecule has 1 aliphatic carbocycles. The zero-order valence-corrected chi connectivity index (χ0v) is 12.3. The molecule has 2 rings (SSSR count). The van der Waals surface area contributed by atoms with Gasteiger partial charge in [-0.2, -0.15) is 0 Å². The maximum absolute atomic E-state index is 11.6. The first-order chi connectivity index (χ1) is 9.51. The molecule has 5 heteroatoms. The molecule has 0 radical (unpaired) electrons. The number of anilines is 1. The molecule has 0 aromatic carbocycles. The van der Waals surface area contributed by atoms with Crippen molar-refractivity contribution in [2.45, 2.75) is 45.6 Å². The fourth-order valence-electron chi connectivity index (χ4n) is 2.75. The molecule has 1 aliphatic rings. The molecule has 1 aromatic rings. The van der Waals surface area contributed by atoms with Crippen LogP contribution in [0.1, 0.15) is 48.3 Å². The summed E-state index contributed by atoms with van der Waals surface area (Å²) in [6.45, 7) is 4.81. The number of fused-ring (bicyclic) bond motifs is 1. The van der Waals surface area contributed by atoms with Crippen LogP contribution in [0.3, 0.4) is 0 Å². The average Bonchev–Trinajstić information content (AvgIpc) is 2.83. The van der Waals surface area contributed by atoms with Crippen LogP contribution in [0.2, 0.25) is 0 Å². The van der Waals surface area contributed by atoms with Gasteiger partial charge in [-0.25, -0.2) is 4.98 Å². The van der Waals surface area contributed by atoms with Crippen molar-refractivity contribution in [1.29, 1.82) is 0 Å². The number of nitrogens with one attached hydrogen (secondary N) is 1. The van der Waals surface area contributed by atoms with Crippen molar-refractivity contribution in [2.24, 2.45) is 17.4 Å². The molecule has 0 saturated heterocycles. The van der Waals surface area contributed by atoms with E-state index in [1.165, 1.54) is 0 Å². The first kappa shape index (κ1) is 14.8. The third kappa shape index (κ3) is 3.28. The smallest absolute Gasteiger partial charge is 0.252 e. The van der Waals surface area contributed by atoms with E-state index in [4.69, 9.17) is 11.5 Å². The second kappa shape index (κ2) is 6.22. The Hall–Kier alpha value is -1.62. The number of hydrogen-bond donors (Lipinski definition) is 3. The van der Waals surface area contributed by atoms with Gasteiger partial charge in [-0.1, -0.05) is 13.8 Å². The summed E-state index contributed by atoms with van der Waals surface area (Å²) in [6.07, 6.45) is 3.99. The van der Waals surface area contributed by atoms with E-state index in [0.717, 1.165) is 36.9 Å². The lowest BCUT2D eigenvalue weighted by molar-refractivity contribution is 0.100. The molecular formula is C15H24N4O. The third-order valence-electron chi connectivity index (χ3n) is 3.70. The highest BCUT2D eigenvalue weighted by Gasteiger charge is 2.20. The number of carbonyl (C=O) groups excluding carboxylic acids is 1. The Balaban J connectivity index is 2.27. The largest absolute Gasteiger partial charge is 0.365 e. The predicted molar refractivity (Wildman–Crippen MR) is 80.7 cm³/mol. The zero-order valence-electron chi connectivity index (χ0n) is 12.3. The maximum atomic E-state index is 11.6. The summed E-state index contributed by atoms with van der Waals surface area (Å²) < 4.78 is 0. The highest BCUT2D eigenvalue weighted by atomic mass is 16.1. The van der Waals surface area contributed by atoms with E-state index in [9.17, 15) is 4.79 Å². The highest BCUT2D eigenvalue weighted by Crippen LogP contribution is 2.26. The Morgan fingerprint density at radius 3 is 2.80 bits per heavy atom.